The molecule has 0 aliphatic carbocycles. The molecule has 2 fully saturated rings. The van der Waals surface area contributed by atoms with Crippen LogP contribution in [0, 0.1) is 5.82 Å². The van der Waals surface area contributed by atoms with Gasteiger partial charge in [-0.15, -0.1) is 24.8 Å². The number of aliphatic hydroxyl groups is 2. The lowest BCUT2D eigenvalue weighted by atomic mass is 10.0. The summed E-state index contributed by atoms with van der Waals surface area (Å²) in [7, 11) is 0. The Balaban J connectivity index is 0.00000193. The first-order valence-electron chi connectivity index (χ1n) is 10.6. The third-order valence-corrected chi connectivity index (χ3v) is 6.07. The molecule has 0 spiro atoms. The minimum Gasteiger partial charge on any atom is -0.394 e. The second-order valence-electron chi connectivity index (χ2n) is 7.95. The van der Waals surface area contributed by atoms with Crippen LogP contribution in [0.15, 0.2) is 54.6 Å². The van der Waals surface area contributed by atoms with Gasteiger partial charge in [-0.1, -0.05) is 18.2 Å². The highest BCUT2D eigenvalue weighted by atomic mass is 35.5. The number of piperazine rings is 1. The standard InChI is InChI=1S/C23H28FN3O4.2ClH/c24-17-6-8-18(9-7-17)26-10-12-27(13-11-26)21-19(31-20(15-28)22(21)29)14-25-23(30)16-4-2-1-3-5-16;;/h1-9,19-22,28-29H,10-15H2,(H,25,30);2*1H/t19-,20+,21+,22-;;/m1../s1. The Morgan fingerprint density at radius 1 is 1.00 bits per heavy atom. The van der Waals surface area contributed by atoms with Crippen LogP contribution >= 0.6 is 24.8 Å². The van der Waals surface area contributed by atoms with E-state index in [0.717, 1.165) is 18.8 Å². The summed E-state index contributed by atoms with van der Waals surface area (Å²) in [6.45, 7) is 2.78. The van der Waals surface area contributed by atoms with Crippen LogP contribution in [0.2, 0.25) is 0 Å². The highest BCUT2D eigenvalue weighted by Crippen LogP contribution is 2.27. The van der Waals surface area contributed by atoms with Gasteiger partial charge in [-0.3, -0.25) is 9.69 Å². The molecule has 0 saturated carbocycles. The number of amides is 1. The van der Waals surface area contributed by atoms with Gasteiger partial charge >= 0.3 is 0 Å². The Labute approximate surface area is 205 Å². The van der Waals surface area contributed by atoms with E-state index in [-0.39, 0.29) is 55.7 Å². The number of hydrogen-bond acceptors (Lipinski definition) is 6. The molecule has 0 radical (unpaired) electrons. The zero-order chi connectivity index (χ0) is 21.8. The zero-order valence-electron chi connectivity index (χ0n) is 18.0. The molecule has 2 aromatic carbocycles. The summed E-state index contributed by atoms with van der Waals surface area (Å²) in [6, 6.07) is 15.0. The summed E-state index contributed by atoms with van der Waals surface area (Å²) in [5.41, 5.74) is 1.52. The van der Waals surface area contributed by atoms with Gasteiger partial charge in [0.05, 0.1) is 18.8 Å². The molecule has 4 atom stereocenters. The number of carbonyl (C=O) groups is 1. The monoisotopic (exact) mass is 501 g/mol. The lowest BCUT2D eigenvalue weighted by Gasteiger charge is -2.41. The molecule has 33 heavy (non-hydrogen) atoms. The van der Waals surface area contributed by atoms with Crippen molar-refractivity contribution in [3.8, 4) is 0 Å². The number of aliphatic hydroxyl groups excluding tert-OH is 2. The van der Waals surface area contributed by atoms with E-state index in [1.54, 1.807) is 36.4 Å². The van der Waals surface area contributed by atoms with Crippen molar-refractivity contribution < 1.29 is 24.1 Å². The van der Waals surface area contributed by atoms with Crippen LogP contribution in [0.1, 0.15) is 10.4 Å². The topological polar surface area (TPSA) is 85.3 Å². The SMILES string of the molecule is Cl.Cl.O=C(NC[C@H]1O[C@@H](CO)[C@@H](O)[C@H]1N1CCN(c2ccc(F)cc2)CC1)c1ccccc1. The Kier molecular flexibility index (Phi) is 10.3. The molecule has 7 nitrogen and oxygen atoms in total. The first-order valence-corrected chi connectivity index (χ1v) is 10.6. The van der Waals surface area contributed by atoms with E-state index >= 15 is 0 Å². The number of benzene rings is 2. The van der Waals surface area contributed by atoms with Crippen molar-refractivity contribution in [2.75, 3.05) is 44.2 Å². The van der Waals surface area contributed by atoms with Crippen LogP contribution in [-0.4, -0.2) is 84.7 Å². The maximum atomic E-state index is 13.2. The van der Waals surface area contributed by atoms with Crippen molar-refractivity contribution in [2.45, 2.75) is 24.4 Å². The van der Waals surface area contributed by atoms with Crippen molar-refractivity contribution in [1.29, 1.82) is 0 Å². The lowest BCUT2D eigenvalue weighted by Crippen LogP contribution is -2.57. The van der Waals surface area contributed by atoms with Crippen molar-refractivity contribution in [2.24, 2.45) is 0 Å². The van der Waals surface area contributed by atoms with E-state index < -0.39 is 18.3 Å². The van der Waals surface area contributed by atoms with E-state index in [2.05, 4.69) is 15.1 Å². The fourth-order valence-electron chi connectivity index (χ4n) is 4.41. The number of hydrogen-bond donors (Lipinski definition) is 3. The summed E-state index contributed by atoms with van der Waals surface area (Å²) in [5.74, 6) is -0.463. The van der Waals surface area contributed by atoms with Crippen molar-refractivity contribution >= 4 is 36.4 Å². The van der Waals surface area contributed by atoms with E-state index in [4.69, 9.17) is 4.74 Å². The van der Waals surface area contributed by atoms with Crippen molar-refractivity contribution in [1.82, 2.24) is 10.2 Å². The van der Waals surface area contributed by atoms with Gasteiger partial charge in [-0.05, 0) is 36.4 Å². The molecule has 0 bridgehead atoms. The maximum Gasteiger partial charge on any atom is 0.251 e. The highest BCUT2D eigenvalue weighted by Gasteiger charge is 2.46. The number of ether oxygens (including phenoxy) is 1. The van der Waals surface area contributed by atoms with Gasteiger partial charge in [0.2, 0.25) is 0 Å². The van der Waals surface area contributed by atoms with Crippen LogP contribution in [0.25, 0.3) is 0 Å². The summed E-state index contributed by atoms with van der Waals surface area (Å²) in [4.78, 5) is 16.7. The number of carbonyl (C=O) groups excluding carboxylic acids is 1. The van der Waals surface area contributed by atoms with Crippen LogP contribution in [0.5, 0.6) is 0 Å². The van der Waals surface area contributed by atoms with Crippen LogP contribution in [0.3, 0.4) is 0 Å². The van der Waals surface area contributed by atoms with Gasteiger partial charge < -0.3 is 25.2 Å². The molecule has 10 heteroatoms. The molecule has 0 aromatic heterocycles. The molecule has 182 valence electrons. The fraction of sp³-hybridized carbons (Fsp3) is 0.435. The van der Waals surface area contributed by atoms with Crippen LogP contribution in [-0.2, 0) is 4.74 Å². The number of rotatable bonds is 6. The molecular weight excluding hydrogens is 472 g/mol. The van der Waals surface area contributed by atoms with E-state index in [0.29, 0.717) is 18.7 Å². The number of nitrogens with zero attached hydrogens (tertiary/aromatic N) is 2. The number of anilines is 1. The summed E-state index contributed by atoms with van der Waals surface area (Å²) < 4.78 is 19.1. The molecule has 4 rings (SSSR count). The van der Waals surface area contributed by atoms with Gasteiger partial charge in [0, 0.05) is 44.0 Å². The first-order chi connectivity index (χ1) is 15.1. The second kappa shape index (κ2) is 12.5. The fourth-order valence-corrected chi connectivity index (χ4v) is 4.41. The Hall–Kier alpha value is -1.94. The van der Waals surface area contributed by atoms with Gasteiger partial charge in [-0.2, -0.15) is 0 Å². The second-order valence-corrected chi connectivity index (χ2v) is 7.95. The van der Waals surface area contributed by atoms with Gasteiger partial charge in [-0.25, -0.2) is 4.39 Å². The molecule has 2 aliphatic heterocycles. The average molecular weight is 502 g/mol. The van der Waals surface area contributed by atoms with Gasteiger partial charge in [0.1, 0.15) is 18.0 Å². The number of nitrogens with one attached hydrogen (secondary N) is 1. The predicted octanol–water partition coefficient (Wildman–Crippen LogP) is 1.71. The minimum atomic E-state index is -0.846. The van der Waals surface area contributed by atoms with Crippen molar-refractivity contribution in [3.63, 3.8) is 0 Å². The van der Waals surface area contributed by atoms with E-state index in [1.807, 2.05) is 6.07 Å². The third-order valence-electron chi connectivity index (χ3n) is 6.07. The Bertz CT molecular complexity index is 870. The van der Waals surface area contributed by atoms with Gasteiger partial charge in [0.25, 0.3) is 5.91 Å². The zero-order valence-corrected chi connectivity index (χ0v) is 19.7. The molecule has 2 aliphatic rings. The summed E-state index contributed by atoms with van der Waals surface area (Å²) in [6.07, 6.45) is -1.96. The van der Waals surface area contributed by atoms with Crippen LogP contribution < -0.4 is 10.2 Å². The molecular formula is C23H30Cl2FN3O4. The Morgan fingerprint density at radius 3 is 2.24 bits per heavy atom. The van der Waals surface area contributed by atoms with Crippen LogP contribution in [0.4, 0.5) is 10.1 Å². The smallest absolute Gasteiger partial charge is 0.251 e. The maximum absolute atomic E-state index is 13.2. The quantitative estimate of drug-likeness (QED) is 0.558. The van der Waals surface area contributed by atoms with Crippen molar-refractivity contribution in [3.05, 3.63) is 66.0 Å². The molecule has 2 heterocycles. The largest absolute Gasteiger partial charge is 0.394 e. The first kappa shape index (κ1) is 27.3. The summed E-state index contributed by atoms with van der Waals surface area (Å²) in [5, 5.41) is 23.3. The lowest BCUT2D eigenvalue weighted by molar-refractivity contribution is -0.0209. The van der Waals surface area contributed by atoms with Gasteiger partial charge in [0.15, 0.2) is 0 Å². The summed E-state index contributed by atoms with van der Waals surface area (Å²) >= 11 is 0. The van der Waals surface area contributed by atoms with E-state index in [1.165, 1.54) is 12.1 Å². The predicted molar refractivity (Wildman–Crippen MR) is 129 cm³/mol. The molecule has 2 saturated heterocycles. The average Bonchev–Trinajstić information content (AvgIpc) is 3.14. The Morgan fingerprint density at radius 2 is 1.64 bits per heavy atom. The van der Waals surface area contributed by atoms with E-state index in [9.17, 15) is 19.4 Å². The molecule has 2 aromatic rings. The molecule has 1 amide bonds. The third kappa shape index (κ3) is 6.35. The molecule has 3 N–H and O–H groups in total. The number of halogens is 3. The normalized spacial score (nSPS) is 25.1. The molecule has 0 unspecified atom stereocenters. The minimum absolute atomic E-state index is 0. The highest BCUT2D eigenvalue weighted by molar-refractivity contribution is 5.94.